The van der Waals surface area contributed by atoms with Crippen LogP contribution in [0.2, 0.25) is 0 Å². The minimum Gasteiger partial charge on any atom is -0.322 e. The molecule has 27 heavy (non-hydrogen) atoms. The van der Waals surface area contributed by atoms with E-state index >= 15 is 0 Å². The van der Waals surface area contributed by atoms with E-state index in [0.717, 1.165) is 15.2 Å². The molecule has 0 aliphatic rings. The Labute approximate surface area is 160 Å². The van der Waals surface area contributed by atoms with Crippen LogP contribution in [0.3, 0.4) is 0 Å². The van der Waals surface area contributed by atoms with E-state index in [1.807, 2.05) is 43.3 Å². The number of rotatable bonds is 4. The molecule has 0 aliphatic carbocycles. The van der Waals surface area contributed by atoms with Crippen molar-refractivity contribution in [2.75, 3.05) is 5.32 Å². The standard InChI is InChI=1S/C22H16N2O2S/c1-14-23-19-12-11-16(13-20(19)27-14)24-22(26)18-10-6-5-9-17(18)21(25)15-7-3-2-4-8-15/h2-13H,1H3,(H,24,26). The van der Waals surface area contributed by atoms with Gasteiger partial charge in [0.25, 0.3) is 5.91 Å². The van der Waals surface area contributed by atoms with Crippen LogP contribution in [0.1, 0.15) is 31.3 Å². The smallest absolute Gasteiger partial charge is 0.256 e. The molecule has 0 saturated carbocycles. The summed E-state index contributed by atoms with van der Waals surface area (Å²) < 4.78 is 1.01. The quantitative estimate of drug-likeness (QED) is 0.508. The monoisotopic (exact) mass is 372 g/mol. The fourth-order valence-electron chi connectivity index (χ4n) is 2.94. The van der Waals surface area contributed by atoms with Crippen LogP contribution >= 0.6 is 11.3 Å². The zero-order valence-corrected chi connectivity index (χ0v) is 15.4. The van der Waals surface area contributed by atoms with Gasteiger partial charge in [-0.15, -0.1) is 11.3 Å². The van der Waals surface area contributed by atoms with Gasteiger partial charge in [-0.3, -0.25) is 9.59 Å². The van der Waals surface area contributed by atoms with E-state index in [-0.39, 0.29) is 11.7 Å². The first-order valence-corrected chi connectivity index (χ1v) is 9.31. The zero-order valence-electron chi connectivity index (χ0n) is 14.6. The van der Waals surface area contributed by atoms with E-state index in [0.29, 0.717) is 22.4 Å². The van der Waals surface area contributed by atoms with E-state index < -0.39 is 0 Å². The van der Waals surface area contributed by atoms with Gasteiger partial charge in [0.2, 0.25) is 0 Å². The summed E-state index contributed by atoms with van der Waals surface area (Å²) >= 11 is 1.58. The molecule has 1 N–H and O–H groups in total. The molecule has 1 aromatic heterocycles. The number of hydrogen-bond acceptors (Lipinski definition) is 4. The van der Waals surface area contributed by atoms with Gasteiger partial charge in [0, 0.05) is 16.8 Å². The molecule has 1 heterocycles. The highest BCUT2D eigenvalue weighted by Gasteiger charge is 2.18. The summed E-state index contributed by atoms with van der Waals surface area (Å²) in [5.41, 5.74) is 2.88. The molecule has 0 radical (unpaired) electrons. The van der Waals surface area contributed by atoms with Crippen LogP contribution in [0.4, 0.5) is 5.69 Å². The average molecular weight is 372 g/mol. The summed E-state index contributed by atoms with van der Waals surface area (Å²) in [4.78, 5) is 30.1. The molecule has 0 unspecified atom stereocenters. The van der Waals surface area contributed by atoms with Crippen molar-refractivity contribution in [2.45, 2.75) is 6.92 Å². The van der Waals surface area contributed by atoms with Crippen LogP contribution in [0.25, 0.3) is 10.2 Å². The molecule has 132 valence electrons. The van der Waals surface area contributed by atoms with E-state index in [1.54, 1.807) is 47.7 Å². The predicted octanol–water partition coefficient (Wildman–Crippen LogP) is 5.09. The minimum atomic E-state index is -0.310. The number of thiazole rings is 1. The van der Waals surface area contributed by atoms with Gasteiger partial charge in [-0.1, -0.05) is 48.5 Å². The number of nitrogens with zero attached hydrogens (tertiary/aromatic N) is 1. The van der Waals surface area contributed by atoms with E-state index in [4.69, 9.17) is 0 Å². The van der Waals surface area contributed by atoms with Gasteiger partial charge >= 0.3 is 0 Å². The number of benzene rings is 3. The molecule has 4 aromatic rings. The molecule has 0 saturated heterocycles. The Kier molecular flexibility index (Phi) is 4.52. The summed E-state index contributed by atoms with van der Waals surface area (Å²) in [7, 11) is 0. The Morgan fingerprint density at radius 3 is 2.37 bits per heavy atom. The largest absolute Gasteiger partial charge is 0.322 e. The number of carbonyl (C=O) groups excluding carboxylic acids is 2. The van der Waals surface area contributed by atoms with Crippen LogP contribution in [0.5, 0.6) is 0 Å². The molecule has 4 nitrogen and oxygen atoms in total. The lowest BCUT2D eigenvalue weighted by molar-refractivity contribution is 0.0996. The third-order valence-electron chi connectivity index (χ3n) is 4.21. The van der Waals surface area contributed by atoms with Crippen LogP contribution in [0, 0.1) is 6.92 Å². The number of fused-ring (bicyclic) bond motifs is 1. The van der Waals surface area contributed by atoms with Gasteiger partial charge in [0.15, 0.2) is 5.78 Å². The number of anilines is 1. The Bertz CT molecular complexity index is 1150. The van der Waals surface area contributed by atoms with Crippen LogP contribution in [-0.2, 0) is 0 Å². The van der Waals surface area contributed by atoms with Crippen molar-refractivity contribution in [1.29, 1.82) is 0 Å². The summed E-state index contributed by atoms with van der Waals surface area (Å²) in [6.45, 7) is 1.95. The highest BCUT2D eigenvalue weighted by atomic mass is 32.1. The second kappa shape index (κ2) is 7.13. The first-order valence-electron chi connectivity index (χ1n) is 8.49. The molecule has 1 amide bonds. The molecular weight excluding hydrogens is 356 g/mol. The van der Waals surface area contributed by atoms with Gasteiger partial charge in [-0.05, 0) is 31.2 Å². The third kappa shape index (κ3) is 3.50. The normalized spacial score (nSPS) is 10.7. The molecule has 3 aromatic carbocycles. The van der Waals surface area contributed by atoms with Crippen LogP contribution in [-0.4, -0.2) is 16.7 Å². The number of hydrogen-bond donors (Lipinski definition) is 1. The van der Waals surface area contributed by atoms with Crippen LogP contribution < -0.4 is 5.32 Å². The number of aryl methyl sites for hydroxylation is 1. The van der Waals surface area contributed by atoms with E-state index in [2.05, 4.69) is 10.3 Å². The van der Waals surface area contributed by atoms with Crippen LogP contribution in [0.15, 0.2) is 72.8 Å². The van der Waals surface area contributed by atoms with Crippen molar-refractivity contribution in [3.63, 3.8) is 0 Å². The summed E-state index contributed by atoms with van der Waals surface area (Å²) in [5, 5.41) is 3.87. The number of ketones is 1. The predicted molar refractivity (Wildman–Crippen MR) is 109 cm³/mol. The van der Waals surface area contributed by atoms with Gasteiger partial charge in [0.1, 0.15) is 0 Å². The molecule has 0 atom stereocenters. The van der Waals surface area contributed by atoms with Gasteiger partial charge in [0.05, 0.1) is 20.8 Å². The Hall–Kier alpha value is -3.31. The maximum atomic E-state index is 12.8. The zero-order chi connectivity index (χ0) is 18.8. The van der Waals surface area contributed by atoms with Gasteiger partial charge < -0.3 is 5.32 Å². The van der Waals surface area contributed by atoms with Crippen molar-refractivity contribution in [1.82, 2.24) is 4.98 Å². The Balaban J connectivity index is 1.64. The maximum absolute atomic E-state index is 12.8. The molecule has 0 spiro atoms. The van der Waals surface area contributed by atoms with E-state index in [1.165, 1.54) is 0 Å². The second-order valence-corrected chi connectivity index (χ2v) is 7.35. The third-order valence-corrected chi connectivity index (χ3v) is 5.14. The first-order chi connectivity index (χ1) is 13.1. The first kappa shape index (κ1) is 17.1. The molecule has 0 fully saturated rings. The summed E-state index contributed by atoms with van der Waals surface area (Å²) in [5.74, 6) is -0.481. The number of carbonyl (C=O) groups is 2. The molecule has 0 aliphatic heterocycles. The molecular formula is C22H16N2O2S. The van der Waals surface area contributed by atoms with Gasteiger partial charge in [-0.25, -0.2) is 4.98 Å². The second-order valence-electron chi connectivity index (χ2n) is 6.11. The molecule has 5 heteroatoms. The van der Waals surface area contributed by atoms with Crippen molar-refractivity contribution >= 4 is 38.9 Å². The Morgan fingerprint density at radius 1 is 0.889 bits per heavy atom. The van der Waals surface area contributed by atoms with Crippen molar-refractivity contribution in [2.24, 2.45) is 0 Å². The summed E-state index contributed by atoms with van der Waals surface area (Å²) in [6, 6.07) is 21.4. The number of nitrogens with one attached hydrogen (secondary N) is 1. The highest BCUT2D eigenvalue weighted by Crippen LogP contribution is 2.25. The fraction of sp³-hybridized carbons (Fsp3) is 0.0455. The SMILES string of the molecule is Cc1nc2ccc(NC(=O)c3ccccc3C(=O)c3ccccc3)cc2s1. The lowest BCUT2D eigenvalue weighted by atomic mass is 9.98. The van der Waals surface area contributed by atoms with Crippen molar-refractivity contribution < 1.29 is 9.59 Å². The minimum absolute atomic E-state index is 0.171. The Morgan fingerprint density at radius 2 is 1.59 bits per heavy atom. The van der Waals surface area contributed by atoms with Crippen molar-refractivity contribution in [3.05, 3.63) is 94.5 Å². The maximum Gasteiger partial charge on any atom is 0.256 e. The van der Waals surface area contributed by atoms with Crippen molar-refractivity contribution in [3.8, 4) is 0 Å². The highest BCUT2D eigenvalue weighted by molar-refractivity contribution is 7.18. The fourth-order valence-corrected chi connectivity index (χ4v) is 3.81. The topological polar surface area (TPSA) is 59.1 Å². The summed E-state index contributed by atoms with van der Waals surface area (Å²) in [6.07, 6.45) is 0. The van der Waals surface area contributed by atoms with Gasteiger partial charge in [-0.2, -0.15) is 0 Å². The lowest BCUT2D eigenvalue weighted by Gasteiger charge is -2.10. The molecule has 4 rings (SSSR count). The number of aromatic nitrogens is 1. The average Bonchev–Trinajstić information content (AvgIpc) is 3.07. The lowest BCUT2D eigenvalue weighted by Crippen LogP contribution is -2.16. The molecule has 0 bridgehead atoms. The van der Waals surface area contributed by atoms with E-state index in [9.17, 15) is 9.59 Å². The number of amides is 1.